The molecule has 1 heterocycles. The Hall–Kier alpha value is -2.37. The zero-order valence-electron chi connectivity index (χ0n) is 12.4. The smallest absolute Gasteiger partial charge is 0.301 e. The first-order valence-electron chi connectivity index (χ1n) is 7.13. The van der Waals surface area contributed by atoms with E-state index in [1.165, 1.54) is 4.57 Å². The second kappa shape index (κ2) is 6.63. The predicted octanol–water partition coefficient (Wildman–Crippen LogP) is 2.72. The fourth-order valence-electron chi connectivity index (χ4n) is 2.60. The molecule has 0 amide bonds. The maximum atomic E-state index is 12.7. The molecule has 3 aromatic rings. The van der Waals surface area contributed by atoms with Gasteiger partial charge in [-0.3, -0.25) is 13.9 Å². The molecule has 0 aliphatic heterocycles. The van der Waals surface area contributed by atoms with Crippen LogP contribution < -0.4 is 11.2 Å². The molecule has 0 aliphatic rings. The number of carbonyl (C=O) groups is 1. The van der Waals surface area contributed by atoms with Gasteiger partial charge in [-0.05, 0) is 23.8 Å². The number of fused-ring (bicyclic) bond motifs is 1. The van der Waals surface area contributed by atoms with Crippen LogP contribution in [0.15, 0.2) is 52.1 Å². The largest absolute Gasteiger partial charge is 0.332 e. The molecule has 1 aromatic heterocycles. The predicted molar refractivity (Wildman–Crippen MR) is 94.1 cm³/mol. The fraction of sp³-hybridized carbons (Fsp3) is 0.118. The Labute approximate surface area is 146 Å². The van der Waals surface area contributed by atoms with Gasteiger partial charge < -0.3 is 4.79 Å². The molecule has 0 bridgehead atoms. The van der Waals surface area contributed by atoms with Gasteiger partial charge in [-0.25, -0.2) is 4.79 Å². The van der Waals surface area contributed by atoms with E-state index < -0.39 is 11.2 Å². The summed E-state index contributed by atoms with van der Waals surface area (Å²) in [6, 6.07) is 11.7. The zero-order valence-corrected chi connectivity index (χ0v) is 13.9. The molecule has 5 nitrogen and oxygen atoms in total. The molecule has 0 saturated heterocycles. The molecular formula is C17H12Cl2N2O3. The minimum absolute atomic E-state index is 0.0270. The van der Waals surface area contributed by atoms with Crippen molar-refractivity contribution in [2.75, 3.05) is 0 Å². The normalized spacial score (nSPS) is 10.9. The van der Waals surface area contributed by atoms with Crippen molar-refractivity contribution in [2.24, 2.45) is 0 Å². The molecule has 3 rings (SSSR count). The van der Waals surface area contributed by atoms with Crippen molar-refractivity contribution < 1.29 is 4.79 Å². The first-order valence-corrected chi connectivity index (χ1v) is 7.89. The van der Waals surface area contributed by atoms with Gasteiger partial charge in [-0.1, -0.05) is 47.5 Å². The second-order valence-corrected chi connectivity index (χ2v) is 5.97. The van der Waals surface area contributed by atoms with Gasteiger partial charge >= 0.3 is 5.69 Å². The van der Waals surface area contributed by atoms with E-state index >= 15 is 0 Å². The summed E-state index contributed by atoms with van der Waals surface area (Å²) in [5, 5.41) is 0.994. The van der Waals surface area contributed by atoms with Crippen LogP contribution in [0.25, 0.3) is 10.9 Å². The number of rotatable bonds is 4. The molecule has 24 heavy (non-hydrogen) atoms. The lowest BCUT2D eigenvalue weighted by atomic mass is 10.2. The lowest BCUT2D eigenvalue weighted by Gasteiger charge is -2.13. The Balaban J connectivity index is 2.28. The van der Waals surface area contributed by atoms with Crippen molar-refractivity contribution in [2.45, 2.75) is 13.1 Å². The molecule has 0 saturated carbocycles. The standard InChI is InChI=1S/C17H12Cl2N2O3/c18-13-6-3-4-11(15(13)19)10-21-16(23)12-5-1-2-7-14(12)20(8-9-22)17(21)24/h1-7,9H,8,10H2. The average Bonchev–Trinajstić information content (AvgIpc) is 2.59. The van der Waals surface area contributed by atoms with E-state index in [2.05, 4.69) is 0 Å². The first kappa shape index (κ1) is 16.5. The number of hydrogen-bond donors (Lipinski definition) is 0. The van der Waals surface area contributed by atoms with E-state index in [9.17, 15) is 14.4 Å². The number of nitrogens with zero attached hydrogens (tertiary/aromatic N) is 2. The second-order valence-electron chi connectivity index (χ2n) is 5.18. The van der Waals surface area contributed by atoms with Crippen LogP contribution in [-0.2, 0) is 17.9 Å². The van der Waals surface area contributed by atoms with Crippen LogP contribution >= 0.6 is 23.2 Å². The molecule has 0 atom stereocenters. The van der Waals surface area contributed by atoms with Crippen molar-refractivity contribution in [3.63, 3.8) is 0 Å². The Bertz CT molecular complexity index is 1050. The number of aldehydes is 1. The summed E-state index contributed by atoms with van der Waals surface area (Å²) in [4.78, 5) is 36.3. The molecule has 0 aliphatic carbocycles. The molecule has 0 unspecified atom stereocenters. The zero-order chi connectivity index (χ0) is 17.3. The quantitative estimate of drug-likeness (QED) is 0.670. The van der Waals surface area contributed by atoms with Gasteiger partial charge in [0.25, 0.3) is 5.56 Å². The fourth-order valence-corrected chi connectivity index (χ4v) is 2.98. The van der Waals surface area contributed by atoms with E-state index in [1.807, 2.05) is 0 Å². The summed E-state index contributed by atoms with van der Waals surface area (Å²) in [6.07, 6.45) is 0.620. The molecular weight excluding hydrogens is 351 g/mol. The molecule has 7 heteroatoms. The van der Waals surface area contributed by atoms with Gasteiger partial charge in [0.05, 0.1) is 34.0 Å². The Morgan fingerprint density at radius 3 is 2.46 bits per heavy atom. The average molecular weight is 363 g/mol. The van der Waals surface area contributed by atoms with E-state index in [0.29, 0.717) is 32.8 Å². The highest BCUT2D eigenvalue weighted by molar-refractivity contribution is 6.42. The third kappa shape index (κ3) is 2.77. The van der Waals surface area contributed by atoms with Gasteiger partial charge in [0.15, 0.2) is 0 Å². The van der Waals surface area contributed by atoms with Crippen LogP contribution in [0, 0.1) is 0 Å². The van der Waals surface area contributed by atoms with Crippen molar-refractivity contribution >= 4 is 40.4 Å². The monoisotopic (exact) mass is 362 g/mol. The highest BCUT2D eigenvalue weighted by atomic mass is 35.5. The maximum Gasteiger partial charge on any atom is 0.332 e. The van der Waals surface area contributed by atoms with Gasteiger partial charge in [0.2, 0.25) is 0 Å². The van der Waals surface area contributed by atoms with Crippen LogP contribution in [0.2, 0.25) is 10.0 Å². The van der Waals surface area contributed by atoms with Gasteiger partial charge in [0.1, 0.15) is 6.29 Å². The van der Waals surface area contributed by atoms with Crippen molar-refractivity contribution in [1.29, 1.82) is 0 Å². The molecule has 0 radical (unpaired) electrons. The van der Waals surface area contributed by atoms with E-state index in [0.717, 1.165) is 4.57 Å². The lowest BCUT2D eigenvalue weighted by molar-refractivity contribution is -0.108. The Morgan fingerprint density at radius 2 is 1.71 bits per heavy atom. The molecule has 122 valence electrons. The van der Waals surface area contributed by atoms with E-state index in [-0.39, 0.29) is 13.1 Å². The highest BCUT2D eigenvalue weighted by Crippen LogP contribution is 2.25. The van der Waals surface area contributed by atoms with Gasteiger partial charge in [-0.15, -0.1) is 0 Å². The summed E-state index contributed by atoms with van der Waals surface area (Å²) in [5.41, 5.74) is -0.0278. The number of hydrogen-bond acceptors (Lipinski definition) is 3. The van der Waals surface area contributed by atoms with Crippen LogP contribution in [0.1, 0.15) is 5.56 Å². The first-order chi connectivity index (χ1) is 11.5. The van der Waals surface area contributed by atoms with Crippen LogP contribution in [-0.4, -0.2) is 15.4 Å². The van der Waals surface area contributed by atoms with Crippen molar-refractivity contribution in [3.05, 3.63) is 78.9 Å². The number of para-hydroxylation sites is 1. The summed E-state index contributed by atoms with van der Waals surface area (Å²) >= 11 is 12.1. The SMILES string of the molecule is O=CCn1c(=O)n(Cc2cccc(Cl)c2Cl)c(=O)c2ccccc21. The third-order valence-corrected chi connectivity index (χ3v) is 4.61. The Kier molecular flexibility index (Phi) is 4.55. The Morgan fingerprint density at radius 1 is 0.958 bits per heavy atom. The van der Waals surface area contributed by atoms with Gasteiger partial charge in [-0.2, -0.15) is 0 Å². The number of aromatic nitrogens is 2. The minimum Gasteiger partial charge on any atom is -0.301 e. The number of benzene rings is 2. The highest BCUT2D eigenvalue weighted by Gasteiger charge is 2.14. The molecule has 0 N–H and O–H groups in total. The van der Waals surface area contributed by atoms with Crippen LogP contribution in [0.3, 0.4) is 0 Å². The number of carbonyl (C=O) groups excluding carboxylic acids is 1. The van der Waals surface area contributed by atoms with Crippen molar-refractivity contribution in [1.82, 2.24) is 9.13 Å². The van der Waals surface area contributed by atoms with Gasteiger partial charge in [0, 0.05) is 0 Å². The minimum atomic E-state index is -0.568. The summed E-state index contributed by atoms with van der Waals surface area (Å²) in [6.45, 7) is -0.163. The van der Waals surface area contributed by atoms with Crippen molar-refractivity contribution in [3.8, 4) is 0 Å². The molecule has 0 spiro atoms. The van der Waals surface area contributed by atoms with E-state index in [1.54, 1.807) is 42.5 Å². The van der Waals surface area contributed by atoms with Crippen LogP contribution in [0.5, 0.6) is 0 Å². The number of halogens is 2. The lowest BCUT2D eigenvalue weighted by Crippen LogP contribution is -2.40. The molecule has 0 fully saturated rings. The maximum absolute atomic E-state index is 12.7. The summed E-state index contributed by atoms with van der Waals surface area (Å²) in [5.74, 6) is 0. The summed E-state index contributed by atoms with van der Waals surface area (Å²) < 4.78 is 2.32. The third-order valence-electron chi connectivity index (χ3n) is 3.75. The summed E-state index contributed by atoms with van der Waals surface area (Å²) in [7, 11) is 0. The van der Waals surface area contributed by atoms with E-state index in [4.69, 9.17) is 23.2 Å². The molecule has 2 aromatic carbocycles. The van der Waals surface area contributed by atoms with Crippen LogP contribution in [0.4, 0.5) is 0 Å². The topological polar surface area (TPSA) is 61.1 Å².